The highest BCUT2D eigenvalue weighted by Crippen LogP contribution is 2.23. The number of thiophene rings is 1. The van der Waals surface area contributed by atoms with Crippen LogP contribution in [0.5, 0.6) is 0 Å². The van der Waals surface area contributed by atoms with Crippen molar-refractivity contribution in [1.29, 1.82) is 0 Å². The van der Waals surface area contributed by atoms with Crippen LogP contribution in [0.1, 0.15) is 19.3 Å². The molecule has 2 N–H and O–H groups in total. The van der Waals surface area contributed by atoms with Crippen molar-refractivity contribution in [1.82, 2.24) is 15.3 Å². The van der Waals surface area contributed by atoms with Gasteiger partial charge < -0.3 is 15.4 Å². The number of aromatic nitrogens is 2. The van der Waals surface area contributed by atoms with Crippen molar-refractivity contribution in [3.8, 4) is 0 Å². The van der Waals surface area contributed by atoms with E-state index in [9.17, 15) is 0 Å². The Kier molecular flexibility index (Phi) is 4.78. The summed E-state index contributed by atoms with van der Waals surface area (Å²) in [7, 11) is 0. The highest BCUT2D eigenvalue weighted by Gasteiger charge is 2.12. The van der Waals surface area contributed by atoms with E-state index in [0.29, 0.717) is 6.10 Å². The predicted octanol–water partition coefficient (Wildman–Crippen LogP) is 2.26. The number of hydrogen-bond acceptors (Lipinski definition) is 6. The van der Waals surface area contributed by atoms with Gasteiger partial charge in [-0.15, -0.1) is 11.3 Å². The Morgan fingerprint density at radius 2 is 2.25 bits per heavy atom. The van der Waals surface area contributed by atoms with Crippen molar-refractivity contribution in [2.24, 2.45) is 0 Å². The highest BCUT2D eigenvalue weighted by atomic mass is 32.1. The van der Waals surface area contributed by atoms with Crippen molar-refractivity contribution in [3.05, 3.63) is 17.8 Å². The normalized spacial score (nSPS) is 16.6. The third kappa shape index (κ3) is 3.45. The molecular weight excluding hydrogens is 272 g/mol. The van der Waals surface area contributed by atoms with Crippen molar-refractivity contribution < 1.29 is 4.74 Å². The summed E-state index contributed by atoms with van der Waals surface area (Å²) in [6.45, 7) is 3.86. The van der Waals surface area contributed by atoms with E-state index in [0.717, 1.165) is 61.5 Å². The first-order valence-electron chi connectivity index (χ1n) is 7.18. The van der Waals surface area contributed by atoms with Crippen molar-refractivity contribution in [2.45, 2.75) is 25.4 Å². The number of nitrogens with one attached hydrogen (secondary N) is 2. The number of nitrogens with zero attached hydrogens (tertiary/aromatic N) is 2. The van der Waals surface area contributed by atoms with Gasteiger partial charge in [-0.2, -0.15) is 0 Å². The average Bonchev–Trinajstić information content (AvgIpc) is 2.97. The molecule has 3 rings (SSSR count). The molecule has 108 valence electrons. The van der Waals surface area contributed by atoms with E-state index in [1.165, 1.54) is 0 Å². The molecule has 0 atom stereocenters. The molecule has 20 heavy (non-hydrogen) atoms. The Hall–Kier alpha value is -1.24. The zero-order valence-electron chi connectivity index (χ0n) is 11.5. The van der Waals surface area contributed by atoms with Gasteiger partial charge in [-0.05, 0) is 43.8 Å². The largest absolute Gasteiger partial charge is 0.378 e. The maximum absolute atomic E-state index is 5.88. The van der Waals surface area contributed by atoms with Crippen LogP contribution in [0.2, 0.25) is 0 Å². The quantitative estimate of drug-likeness (QED) is 0.800. The molecule has 2 aromatic rings. The monoisotopic (exact) mass is 292 g/mol. The summed E-state index contributed by atoms with van der Waals surface area (Å²) in [5.41, 5.74) is 0. The number of rotatable bonds is 6. The predicted molar refractivity (Wildman–Crippen MR) is 82.4 cm³/mol. The molecular formula is C14H20N4OS. The molecule has 1 saturated heterocycles. The molecule has 2 aromatic heterocycles. The second-order valence-corrected chi connectivity index (χ2v) is 5.86. The summed E-state index contributed by atoms with van der Waals surface area (Å²) >= 11 is 1.64. The SMILES string of the molecule is c1nc(NCCCOC2CCNCC2)c2ccsc2n1. The van der Waals surface area contributed by atoms with E-state index >= 15 is 0 Å². The topological polar surface area (TPSA) is 59.1 Å². The van der Waals surface area contributed by atoms with Crippen molar-refractivity contribution in [3.63, 3.8) is 0 Å². The minimum absolute atomic E-state index is 0.443. The van der Waals surface area contributed by atoms with Crippen LogP contribution in [0.3, 0.4) is 0 Å². The van der Waals surface area contributed by atoms with E-state index in [1.807, 2.05) is 5.38 Å². The van der Waals surface area contributed by atoms with Gasteiger partial charge in [-0.25, -0.2) is 9.97 Å². The third-order valence-corrected chi connectivity index (χ3v) is 4.34. The first kappa shape index (κ1) is 13.7. The Bertz CT molecular complexity index is 539. The fourth-order valence-electron chi connectivity index (χ4n) is 2.42. The molecule has 1 fully saturated rings. The van der Waals surface area contributed by atoms with Gasteiger partial charge in [0.15, 0.2) is 0 Å². The summed E-state index contributed by atoms with van der Waals surface area (Å²) in [5, 5.41) is 9.88. The van der Waals surface area contributed by atoms with Gasteiger partial charge in [-0.1, -0.05) is 0 Å². The summed E-state index contributed by atoms with van der Waals surface area (Å²) in [6, 6.07) is 2.06. The minimum atomic E-state index is 0.443. The molecule has 0 unspecified atom stereocenters. The molecule has 0 bridgehead atoms. The maximum Gasteiger partial charge on any atom is 0.138 e. The van der Waals surface area contributed by atoms with Crippen LogP contribution in [-0.4, -0.2) is 42.3 Å². The van der Waals surface area contributed by atoms with E-state index < -0.39 is 0 Å². The first-order chi connectivity index (χ1) is 9.93. The smallest absolute Gasteiger partial charge is 0.138 e. The van der Waals surface area contributed by atoms with E-state index in [4.69, 9.17) is 4.74 Å². The summed E-state index contributed by atoms with van der Waals surface area (Å²) in [5.74, 6) is 0.929. The number of piperidine rings is 1. The highest BCUT2D eigenvalue weighted by molar-refractivity contribution is 7.16. The Balaban J connectivity index is 1.40. The van der Waals surface area contributed by atoms with Gasteiger partial charge in [0.2, 0.25) is 0 Å². The molecule has 0 spiro atoms. The van der Waals surface area contributed by atoms with Crippen molar-refractivity contribution >= 4 is 27.4 Å². The van der Waals surface area contributed by atoms with E-state index in [-0.39, 0.29) is 0 Å². The van der Waals surface area contributed by atoms with Crippen LogP contribution < -0.4 is 10.6 Å². The van der Waals surface area contributed by atoms with Crippen LogP contribution in [0.15, 0.2) is 17.8 Å². The van der Waals surface area contributed by atoms with E-state index in [2.05, 4.69) is 26.7 Å². The van der Waals surface area contributed by atoms with Crippen LogP contribution in [-0.2, 0) is 4.74 Å². The second-order valence-electron chi connectivity index (χ2n) is 4.96. The number of anilines is 1. The molecule has 0 aromatic carbocycles. The standard InChI is InChI=1S/C14H20N4OS/c1(8-19-11-2-6-15-7-3-11)5-16-13-12-4-9-20-14(12)18-10-17-13/h4,9-11,15H,1-3,5-8H2,(H,16,17,18). The average molecular weight is 292 g/mol. The molecule has 0 aliphatic carbocycles. The Morgan fingerprint density at radius 3 is 3.15 bits per heavy atom. The molecule has 0 amide bonds. The first-order valence-corrected chi connectivity index (χ1v) is 8.06. The zero-order chi connectivity index (χ0) is 13.6. The van der Waals surface area contributed by atoms with Crippen LogP contribution in [0.25, 0.3) is 10.2 Å². The summed E-state index contributed by atoms with van der Waals surface area (Å²) in [6.07, 6.45) is 5.33. The fraction of sp³-hybridized carbons (Fsp3) is 0.571. The molecule has 6 heteroatoms. The lowest BCUT2D eigenvalue weighted by Crippen LogP contribution is -2.32. The molecule has 1 aliphatic heterocycles. The van der Waals surface area contributed by atoms with Crippen molar-refractivity contribution in [2.75, 3.05) is 31.6 Å². The lowest BCUT2D eigenvalue weighted by atomic mass is 10.1. The Morgan fingerprint density at radius 1 is 1.35 bits per heavy atom. The molecule has 0 radical (unpaired) electrons. The number of ether oxygens (including phenoxy) is 1. The summed E-state index contributed by atoms with van der Waals surface area (Å²) in [4.78, 5) is 9.58. The lowest BCUT2D eigenvalue weighted by molar-refractivity contribution is 0.0329. The van der Waals surface area contributed by atoms with Crippen LogP contribution in [0.4, 0.5) is 5.82 Å². The minimum Gasteiger partial charge on any atom is -0.378 e. The van der Waals surface area contributed by atoms with Crippen LogP contribution in [0, 0.1) is 0 Å². The van der Waals surface area contributed by atoms with Gasteiger partial charge in [0.05, 0.1) is 11.5 Å². The number of fused-ring (bicyclic) bond motifs is 1. The summed E-state index contributed by atoms with van der Waals surface area (Å²) < 4.78 is 5.88. The van der Waals surface area contributed by atoms with Crippen LogP contribution >= 0.6 is 11.3 Å². The van der Waals surface area contributed by atoms with Gasteiger partial charge in [0, 0.05) is 13.2 Å². The lowest BCUT2D eigenvalue weighted by Gasteiger charge is -2.22. The molecule has 1 aliphatic rings. The fourth-order valence-corrected chi connectivity index (χ4v) is 3.15. The number of hydrogen-bond donors (Lipinski definition) is 2. The van der Waals surface area contributed by atoms with Gasteiger partial charge in [0.1, 0.15) is 17.0 Å². The van der Waals surface area contributed by atoms with Gasteiger partial charge >= 0.3 is 0 Å². The molecule has 3 heterocycles. The van der Waals surface area contributed by atoms with E-state index in [1.54, 1.807) is 17.7 Å². The third-order valence-electron chi connectivity index (χ3n) is 3.52. The second kappa shape index (κ2) is 6.97. The molecule has 0 saturated carbocycles. The maximum atomic E-state index is 5.88. The zero-order valence-corrected chi connectivity index (χ0v) is 12.3. The Labute approximate surface area is 122 Å². The van der Waals surface area contributed by atoms with Gasteiger partial charge in [0.25, 0.3) is 0 Å². The van der Waals surface area contributed by atoms with Gasteiger partial charge in [-0.3, -0.25) is 0 Å². The molecule has 5 nitrogen and oxygen atoms in total.